The fourth-order valence-corrected chi connectivity index (χ4v) is 2.92. The first kappa shape index (κ1) is 16.6. The number of ether oxygens (including phenoxy) is 2. The molecular formula is C19H16ClNO3. The Hall–Kier alpha value is -2.30. The molecule has 1 aliphatic rings. The van der Waals surface area contributed by atoms with Gasteiger partial charge in [-0.3, -0.25) is 4.79 Å². The number of halogens is 1. The van der Waals surface area contributed by atoms with Crippen molar-refractivity contribution >= 4 is 23.2 Å². The molecule has 0 fully saturated rings. The zero-order valence-corrected chi connectivity index (χ0v) is 13.9. The number of hydrogen-bond donors (Lipinski definition) is 0. The third-order valence-electron chi connectivity index (χ3n) is 3.81. The summed E-state index contributed by atoms with van der Waals surface area (Å²) in [6.45, 7) is 6.54. The normalized spacial score (nSPS) is 17.2. The molecule has 1 amide bonds. The number of para-hydroxylation sites is 1. The van der Waals surface area contributed by atoms with Crippen molar-refractivity contribution in [1.29, 1.82) is 0 Å². The highest BCUT2D eigenvalue weighted by molar-refractivity contribution is 6.30. The van der Waals surface area contributed by atoms with Crippen LogP contribution < -0.4 is 9.64 Å². The predicted molar refractivity (Wildman–Crippen MR) is 93.2 cm³/mol. The van der Waals surface area contributed by atoms with Crippen LogP contribution >= 0.6 is 11.6 Å². The van der Waals surface area contributed by atoms with Crippen LogP contribution in [0.4, 0.5) is 5.69 Å². The van der Waals surface area contributed by atoms with Crippen LogP contribution in [0.5, 0.6) is 5.75 Å². The van der Waals surface area contributed by atoms with Gasteiger partial charge < -0.3 is 14.4 Å². The van der Waals surface area contributed by atoms with Gasteiger partial charge in [-0.2, -0.15) is 0 Å². The maximum absolute atomic E-state index is 12.4. The van der Waals surface area contributed by atoms with Crippen LogP contribution in [0.3, 0.4) is 0 Å². The molecule has 0 N–H and O–H groups in total. The summed E-state index contributed by atoms with van der Waals surface area (Å²) < 4.78 is 11.1. The van der Waals surface area contributed by atoms with Gasteiger partial charge in [0.25, 0.3) is 5.91 Å². The summed E-state index contributed by atoms with van der Waals surface area (Å²) in [4.78, 5) is 13.9. The van der Waals surface area contributed by atoms with Gasteiger partial charge in [-0.25, -0.2) is 0 Å². The Labute approximate surface area is 146 Å². The van der Waals surface area contributed by atoms with Crippen LogP contribution in [0.1, 0.15) is 17.2 Å². The number of rotatable bonds is 4. The quantitative estimate of drug-likeness (QED) is 0.788. The molecule has 5 heteroatoms. The van der Waals surface area contributed by atoms with E-state index >= 15 is 0 Å². The predicted octanol–water partition coefficient (Wildman–Crippen LogP) is 4.03. The monoisotopic (exact) mass is 341 g/mol. The van der Waals surface area contributed by atoms with E-state index in [-0.39, 0.29) is 5.91 Å². The zero-order valence-electron chi connectivity index (χ0n) is 13.2. The van der Waals surface area contributed by atoms with E-state index in [0.29, 0.717) is 23.0 Å². The molecule has 2 radical (unpaired) electrons. The van der Waals surface area contributed by atoms with E-state index in [1.54, 1.807) is 36.3 Å². The zero-order chi connectivity index (χ0) is 17.1. The van der Waals surface area contributed by atoms with Crippen LogP contribution in [-0.2, 0) is 9.53 Å². The smallest absolute Gasteiger partial charge is 0.267 e. The number of methoxy groups -OCH3 is 1. The van der Waals surface area contributed by atoms with Crippen molar-refractivity contribution in [2.45, 2.75) is 6.10 Å². The summed E-state index contributed by atoms with van der Waals surface area (Å²) in [7, 11) is 1.59. The topological polar surface area (TPSA) is 38.8 Å². The van der Waals surface area contributed by atoms with E-state index in [1.165, 1.54) is 0 Å². The summed E-state index contributed by atoms with van der Waals surface area (Å²) in [5, 5.41) is 0.560. The molecule has 24 heavy (non-hydrogen) atoms. The number of hydrogen-bond acceptors (Lipinski definition) is 3. The fraction of sp³-hybridized carbons (Fsp3) is 0.158. The van der Waals surface area contributed by atoms with Crippen LogP contribution in [0.2, 0.25) is 5.02 Å². The van der Waals surface area contributed by atoms with E-state index < -0.39 is 6.10 Å². The molecule has 0 aromatic heterocycles. The van der Waals surface area contributed by atoms with Crippen LogP contribution in [-0.4, -0.2) is 19.6 Å². The summed E-state index contributed by atoms with van der Waals surface area (Å²) in [5.41, 5.74) is 2.28. The highest BCUT2D eigenvalue weighted by Crippen LogP contribution is 2.41. The molecule has 2 aromatic carbocycles. The van der Waals surface area contributed by atoms with Gasteiger partial charge in [-0.1, -0.05) is 35.9 Å². The fourth-order valence-electron chi connectivity index (χ4n) is 2.74. The SMILES string of the molecule is C=CCN1C(=O)[C]OC(c2ccccc2OC)c2cc(Cl)ccc21. The Bertz CT molecular complexity index is 775. The van der Waals surface area contributed by atoms with Gasteiger partial charge in [0.15, 0.2) is 0 Å². The molecule has 1 aliphatic heterocycles. The third kappa shape index (κ3) is 3.03. The Morgan fingerprint density at radius 3 is 2.88 bits per heavy atom. The number of fused-ring (bicyclic) bond motifs is 1. The van der Waals surface area contributed by atoms with Crippen molar-refractivity contribution in [1.82, 2.24) is 0 Å². The van der Waals surface area contributed by atoms with Crippen molar-refractivity contribution in [3.8, 4) is 5.75 Å². The molecule has 122 valence electrons. The van der Waals surface area contributed by atoms with Crippen molar-refractivity contribution in [2.75, 3.05) is 18.6 Å². The molecule has 0 saturated carbocycles. The number of carbonyl (C=O) groups is 1. The minimum Gasteiger partial charge on any atom is -0.496 e. The molecule has 3 rings (SSSR count). The summed E-state index contributed by atoms with van der Waals surface area (Å²) >= 11 is 6.19. The minimum absolute atomic E-state index is 0.350. The van der Waals surface area contributed by atoms with Gasteiger partial charge in [0.2, 0.25) is 6.61 Å². The third-order valence-corrected chi connectivity index (χ3v) is 4.04. The molecule has 1 atom stereocenters. The van der Waals surface area contributed by atoms with Gasteiger partial charge in [0.05, 0.1) is 12.8 Å². The second-order valence-electron chi connectivity index (χ2n) is 5.25. The van der Waals surface area contributed by atoms with Crippen LogP contribution in [0.15, 0.2) is 55.1 Å². The molecule has 1 unspecified atom stereocenters. The first-order valence-electron chi connectivity index (χ1n) is 7.42. The van der Waals surface area contributed by atoms with Crippen molar-refractivity contribution in [3.05, 3.63) is 77.9 Å². The first-order chi connectivity index (χ1) is 11.7. The van der Waals surface area contributed by atoms with Crippen LogP contribution in [0, 0.1) is 6.61 Å². The minimum atomic E-state index is -0.548. The van der Waals surface area contributed by atoms with E-state index in [9.17, 15) is 4.79 Å². The standard InChI is InChI=1S/C19H16ClNO3/c1-3-10-21-16-9-8-13(20)11-15(16)19(24-12-18(21)22)14-6-4-5-7-17(14)23-2/h3-9,11,19H,1,10H2,2H3. The van der Waals surface area contributed by atoms with E-state index in [4.69, 9.17) is 21.1 Å². The van der Waals surface area contributed by atoms with Crippen molar-refractivity contribution < 1.29 is 14.3 Å². The Morgan fingerprint density at radius 1 is 1.33 bits per heavy atom. The van der Waals surface area contributed by atoms with E-state index in [1.807, 2.05) is 24.3 Å². The number of anilines is 1. The van der Waals surface area contributed by atoms with E-state index in [0.717, 1.165) is 11.1 Å². The number of carbonyl (C=O) groups excluding carboxylic acids is 1. The maximum Gasteiger partial charge on any atom is 0.267 e. The average molecular weight is 342 g/mol. The second-order valence-corrected chi connectivity index (χ2v) is 5.69. The lowest BCUT2D eigenvalue weighted by Crippen LogP contribution is -2.30. The van der Waals surface area contributed by atoms with Crippen molar-refractivity contribution in [3.63, 3.8) is 0 Å². The lowest BCUT2D eigenvalue weighted by atomic mass is 9.98. The largest absolute Gasteiger partial charge is 0.496 e. The average Bonchev–Trinajstić information content (AvgIpc) is 2.72. The highest BCUT2D eigenvalue weighted by Gasteiger charge is 2.31. The lowest BCUT2D eigenvalue weighted by Gasteiger charge is -2.23. The first-order valence-corrected chi connectivity index (χ1v) is 7.80. The van der Waals surface area contributed by atoms with Gasteiger partial charge in [0.1, 0.15) is 11.9 Å². The molecule has 0 bridgehead atoms. The van der Waals surface area contributed by atoms with Gasteiger partial charge in [0, 0.05) is 22.7 Å². The maximum atomic E-state index is 12.4. The van der Waals surface area contributed by atoms with Gasteiger partial charge in [-0.05, 0) is 24.3 Å². The molecule has 2 aromatic rings. The molecule has 0 spiro atoms. The Morgan fingerprint density at radius 2 is 2.12 bits per heavy atom. The summed E-state index contributed by atoms with van der Waals surface area (Å²) in [6.07, 6.45) is 1.11. The molecule has 0 saturated heterocycles. The molecule has 4 nitrogen and oxygen atoms in total. The molecule has 1 heterocycles. The second kappa shape index (κ2) is 7.07. The Kier molecular flexibility index (Phi) is 4.88. The summed E-state index contributed by atoms with van der Waals surface area (Å²) in [6, 6.07) is 12.8. The van der Waals surface area contributed by atoms with E-state index in [2.05, 4.69) is 13.2 Å². The lowest BCUT2D eigenvalue weighted by molar-refractivity contribution is -0.119. The molecule has 0 aliphatic carbocycles. The van der Waals surface area contributed by atoms with Gasteiger partial charge in [-0.15, -0.1) is 6.58 Å². The number of nitrogens with zero attached hydrogens (tertiary/aromatic N) is 1. The highest BCUT2D eigenvalue weighted by atomic mass is 35.5. The summed E-state index contributed by atoms with van der Waals surface area (Å²) in [5.74, 6) is 0.302. The Balaban J connectivity index is 2.18. The van der Waals surface area contributed by atoms with Crippen LogP contribution in [0.25, 0.3) is 0 Å². The molecular weight excluding hydrogens is 326 g/mol. The number of amides is 1. The number of benzene rings is 2. The van der Waals surface area contributed by atoms with Crippen molar-refractivity contribution in [2.24, 2.45) is 0 Å². The van der Waals surface area contributed by atoms with Gasteiger partial charge >= 0.3 is 0 Å².